The van der Waals surface area contributed by atoms with Crippen LogP contribution in [0.2, 0.25) is 0 Å². The van der Waals surface area contributed by atoms with Crippen molar-refractivity contribution in [2.45, 2.75) is 44.9 Å². The van der Waals surface area contributed by atoms with E-state index >= 15 is 0 Å². The molecule has 19 heavy (non-hydrogen) atoms. The van der Waals surface area contributed by atoms with Gasteiger partial charge in [0.1, 0.15) is 0 Å². The molecule has 0 aliphatic heterocycles. The molecule has 104 valence electrons. The first-order chi connectivity index (χ1) is 9.08. The lowest BCUT2D eigenvalue weighted by Gasteiger charge is -2.25. The number of hydrogen-bond donors (Lipinski definition) is 1. The number of nitrogens with one attached hydrogen (secondary N) is 1. The lowest BCUT2D eigenvalue weighted by Crippen LogP contribution is -2.32. The minimum atomic E-state index is 0.0589. The number of amides is 1. The molecule has 0 aromatic heterocycles. The number of aryl methyl sites for hydroxylation is 2. The lowest BCUT2D eigenvalue weighted by atomic mass is 9.89. The highest BCUT2D eigenvalue weighted by atomic mass is 35.5. The number of carbonyl (C=O) groups is 1. The summed E-state index contributed by atoms with van der Waals surface area (Å²) in [5.74, 6) is 0.645. The highest BCUT2D eigenvalue weighted by Gasteiger charge is 2.20. The molecule has 1 saturated carbocycles. The van der Waals surface area contributed by atoms with Gasteiger partial charge in [0.15, 0.2) is 0 Å². The first kappa shape index (κ1) is 14.4. The Morgan fingerprint density at radius 2 is 1.79 bits per heavy atom. The number of alkyl halides is 1. The number of carbonyl (C=O) groups excluding carboxylic acids is 1. The second-order valence-corrected chi connectivity index (χ2v) is 6.21. The average Bonchev–Trinajstić information content (AvgIpc) is 2.38. The van der Waals surface area contributed by atoms with Gasteiger partial charge in [-0.1, -0.05) is 18.2 Å². The van der Waals surface area contributed by atoms with Crippen LogP contribution in [0.25, 0.3) is 0 Å². The maximum Gasteiger partial charge on any atom is 0.251 e. The van der Waals surface area contributed by atoms with Gasteiger partial charge in [0.05, 0.1) is 0 Å². The predicted molar refractivity (Wildman–Crippen MR) is 79.8 cm³/mol. The van der Waals surface area contributed by atoms with Crippen LogP contribution in [0, 0.1) is 19.8 Å². The smallest absolute Gasteiger partial charge is 0.251 e. The van der Waals surface area contributed by atoms with Crippen LogP contribution in [-0.2, 0) is 0 Å². The van der Waals surface area contributed by atoms with Gasteiger partial charge >= 0.3 is 0 Å². The SMILES string of the molecule is Cc1cccc(C)c1C(=O)NCC1CCC(Cl)CC1. The Morgan fingerprint density at radius 3 is 2.37 bits per heavy atom. The summed E-state index contributed by atoms with van der Waals surface area (Å²) in [4.78, 5) is 12.3. The minimum Gasteiger partial charge on any atom is -0.352 e. The molecule has 0 saturated heterocycles. The highest BCUT2D eigenvalue weighted by molar-refractivity contribution is 6.20. The van der Waals surface area contributed by atoms with E-state index in [1.807, 2.05) is 32.0 Å². The van der Waals surface area contributed by atoms with Crippen molar-refractivity contribution >= 4 is 17.5 Å². The first-order valence-corrected chi connectivity index (χ1v) is 7.50. The molecule has 0 bridgehead atoms. The van der Waals surface area contributed by atoms with Gasteiger partial charge in [0.25, 0.3) is 5.91 Å². The molecule has 0 heterocycles. The zero-order valence-corrected chi connectivity index (χ0v) is 12.5. The molecule has 0 spiro atoms. The summed E-state index contributed by atoms with van der Waals surface area (Å²) in [5.41, 5.74) is 2.91. The number of benzene rings is 1. The van der Waals surface area contributed by atoms with E-state index in [2.05, 4.69) is 5.32 Å². The third kappa shape index (κ3) is 3.73. The second-order valence-electron chi connectivity index (χ2n) is 5.59. The predicted octanol–water partition coefficient (Wildman–Crippen LogP) is 3.83. The number of halogens is 1. The summed E-state index contributed by atoms with van der Waals surface area (Å²) in [5, 5.41) is 3.42. The Balaban J connectivity index is 1.91. The molecule has 0 atom stereocenters. The summed E-state index contributed by atoms with van der Waals surface area (Å²) in [7, 11) is 0. The van der Waals surface area contributed by atoms with E-state index in [-0.39, 0.29) is 5.91 Å². The molecule has 1 aromatic carbocycles. The van der Waals surface area contributed by atoms with Crippen molar-refractivity contribution in [2.75, 3.05) is 6.54 Å². The quantitative estimate of drug-likeness (QED) is 0.837. The van der Waals surface area contributed by atoms with Crippen molar-refractivity contribution < 1.29 is 4.79 Å². The molecule has 1 aliphatic rings. The third-order valence-electron chi connectivity index (χ3n) is 4.04. The fourth-order valence-electron chi connectivity index (χ4n) is 2.82. The van der Waals surface area contributed by atoms with Crippen LogP contribution >= 0.6 is 11.6 Å². The molecule has 1 N–H and O–H groups in total. The van der Waals surface area contributed by atoms with Crippen molar-refractivity contribution in [3.05, 3.63) is 34.9 Å². The average molecular weight is 280 g/mol. The monoisotopic (exact) mass is 279 g/mol. The van der Waals surface area contributed by atoms with E-state index in [0.717, 1.165) is 48.9 Å². The molecule has 1 amide bonds. The Morgan fingerprint density at radius 1 is 1.21 bits per heavy atom. The molecule has 0 radical (unpaired) electrons. The number of rotatable bonds is 3. The molecule has 2 rings (SSSR count). The molecular weight excluding hydrogens is 258 g/mol. The van der Waals surface area contributed by atoms with Gasteiger partial charge in [-0.3, -0.25) is 4.79 Å². The largest absolute Gasteiger partial charge is 0.352 e. The van der Waals surface area contributed by atoms with E-state index in [0.29, 0.717) is 11.3 Å². The van der Waals surface area contributed by atoms with Crippen molar-refractivity contribution in [3.63, 3.8) is 0 Å². The fourth-order valence-corrected chi connectivity index (χ4v) is 3.08. The molecule has 3 heteroatoms. The van der Waals surface area contributed by atoms with Gasteiger partial charge in [-0.25, -0.2) is 0 Å². The van der Waals surface area contributed by atoms with E-state index in [9.17, 15) is 4.79 Å². The van der Waals surface area contributed by atoms with Crippen molar-refractivity contribution in [1.29, 1.82) is 0 Å². The third-order valence-corrected chi connectivity index (χ3v) is 4.47. The van der Waals surface area contributed by atoms with Crippen LogP contribution in [-0.4, -0.2) is 17.8 Å². The zero-order chi connectivity index (χ0) is 13.8. The Bertz CT molecular complexity index is 430. The topological polar surface area (TPSA) is 29.1 Å². The van der Waals surface area contributed by atoms with Crippen molar-refractivity contribution in [2.24, 2.45) is 5.92 Å². The van der Waals surface area contributed by atoms with Crippen LogP contribution in [0.15, 0.2) is 18.2 Å². The zero-order valence-electron chi connectivity index (χ0n) is 11.7. The van der Waals surface area contributed by atoms with Crippen LogP contribution in [0.5, 0.6) is 0 Å². The van der Waals surface area contributed by atoms with Gasteiger partial charge in [-0.2, -0.15) is 0 Å². The summed E-state index contributed by atoms with van der Waals surface area (Å²) >= 11 is 6.09. The molecular formula is C16H22ClNO. The number of hydrogen-bond acceptors (Lipinski definition) is 1. The highest BCUT2D eigenvalue weighted by Crippen LogP contribution is 2.27. The van der Waals surface area contributed by atoms with Gasteiger partial charge in [0, 0.05) is 17.5 Å². The lowest BCUT2D eigenvalue weighted by molar-refractivity contribution is 0.0942. The second kappa shape index (κ2) is 6.42. The van der Waals surface area contributed by atoms with Crippen LogP contribution in [0.4, 0.5) is 0 Å². The van der Waals surface area contributed by atoms with Crippen LogP contribution in [0.3, 0.4) is 0 Å². The van der Waals surface area contributed by atoms with Crippen molar-refractivity contribution in [1.82, 2.24) is 5.32 Å². The molecule has 1 aromatic rings. The van der Waals surface area contributed by atoms with Crippen LogP contribution in [0.1, 0.15) is 47.2 Å². The van der Waals surface area contributed by atoms with Gasteiger partial charge < -0.3 is 5.32 Å². The maximum absolute atomic E-state index is 12.3. The standard InChI is InChI=1S/C16H22ClNO/c1-11-4-3-5-12(2)15(11)16(19)18-10-13-6-8-14(17)9-7-13/h3-5,13-14H,6-10H2,1-2H3,(H,18,19). The maximum atomic E-state index is 12.3. The summed E-state index contributed by atoms with van der Waals surface area (Å²) < 4.78 is 0. The van der Waals surface area contributed by atoms with E-state index in [1.54, 1.807) is 0 Å². The van der Waals surface area contributed by atoms with Gasteiger partial charge in [-0.05, 0) is 56.6 Å². The molecule has 0 unspecified atom stereocenters. The molecule has 1 fully saturated rings. The Hall–Kier alpha value is -1.02. The van der Waals surface area contributed by atoms with Gasteiger partial charge in [0.2, 0.25) is 0 Å². The normalized spacial score (nSPS) is 23.1. The summed E-state index contributed by atoms with van der Waals surface area (Å²) in [6.45, 7) is 4.75. The fraction of sp³-hybridized carbons (Fsp3) is 0.562. The summed E-state index contributed by atoms with van der Waals surface area (Å²) in [6, 6.07) is 5.96. The van der Waals surface area contributed by atoms with E-state index in [1.165, 1.54) is 0 Å². The molecule has 2 nitrogen and oxygen atoms in total. The van der Waals surface area contributed by atoms with Crippen molar-refractivity contribution in [3.8, 4) is 0 Å². The van der Waals surface area contributed by atoms with Crippen LogP contribution < -0.4 is 5.32 Å². The first-order valence-electron chi connectivity index (χ1n) is 7.06. The van der Waals surface area contributed by atoms with E-state index in [4.69, 9.17) is 11.6 Å². The summed E-state index contributed by atoms with van der Waals surface area (Å²) in [6.07, 6.45) is 4.40. The molecule has 1 aliphatic carbocycles. The van der Waals surface area contributed by atoms with Gasteiger partial charge in [-0.15, -0.1) is 11.6 Å². The Labute approximate surface area is 120 Å². The minimum absolute atomic E-state index is 0.0589. The van der Waals surface area contributed by atoms with E-state index < -0.39 is 0 Å². The Kier molecular flexibility index (Phi) is 4.87.